The van der Waals surface area contributed by atoms with Gasteiger partial charge in [-0.05, 0) is 13.0 Å². The van der Waals surface area contributed by atoms with E-state index in [1.54, 1.807) is 14.0 Å². The number of allylic oxidation sites excluding steroid dienone is 1. The van der Waals surface area contributed by atoms with Gasteiger partial charge in [0.1, 0.15) is 5.71 Å². The van der Waals surface area contributed by atoms with Crippen molar-refractivity contribution >= 4 is 11.7 Å². The third-order valence-corrected chi connectivity index (χ3v) is 1.70. The van der Waals surface area contributed by atoms with Gasteiger partial charge in [0.15, 0.2) is 0 Å². The van der Waals surface area contributed by atoms with Crippen molar-refractivity contribution in [3.8, 4) is 0 Å². The number of hydroxylamine groups is 1. The van der Waals surface area contributed by atoms with E-state index < -0.39 is 5.97 Å². The largest absolute Gasteiger partial charge is 0.464 e. The molecule has 0 unspecified atom stereocenters. The Kier molecular flexibility index (Phi) is 4.82. The maximum atomic E-state index is 10.9. The van der Waals surface area contributed by atoms with Crippen LogP contribution in [0.15, 0.2) is 11.8 Å². The Morgan fingerprint density at radius 1 is 1.50 bits per heavy atom. The summed E-state index contributed by atoms with van der Waals surface area (Å²) in [5, 5.41) is 18.5. The number of nitrogens with zero attached hydrogens (tertiary/aromatic N) is 2. The van der Waals surface area contributed by atoms with Crippen LogP contribution in [-0.4, -0.2) is 48.3 Å². The summed E-state index contributed by atoms with van der Waals surface area (Å²) in [5.74, 6) is -0.710. The van der Waals surface area contributed by atoms with Gasteiger partial charge < -0.3 is 4.74 Å². The number of rotatable bonds is 4. The zero-order valence-corrected chi connectivity index (χ0v) is 8.74. The van der Waals surface area contributed by atoms with Crippen molar-refractivity contribution in [2.45, 2.75) is 6.92 Å². The fourth-order valence-corrected chi connectivity index (χ4v) is 0.699. The van der Waals surface area contributed by atoms with Crippen molar-refractivity contribution in [2.24, 2.45) is 0 Å². The molecule has 6 nitrogen and oxygen atoms in total. The van der Waals surface area contributed by atoms with Gasteiger partial charge in [0.05, 0.1) is 7.11 Å². The standard InChI is InChI=1S/C8H15N3O3/c1-6(10(2)11(3)13)5-7(9)8(12)14-4/h5,9,13H,1-4H3/b6-5+,9-7?. The lowest BCUT2D eigenvalue weighted by atomic mass is 10.3. The maximum absolute atomic E-state index is 10.9. The van der Waals surface area contributed by atoms with Gasteiger partial charge in [-0.2, -0.15) is 0 Å². The molecule has 0 aromatic carbocycles. The predicted octanol–water partition coefficient (Wildman–Crippen LogP) is 0.251. The smallest absolute Gasteiger partial charge is 0.355 e. The number of methoxy groups -OCH3 is 1. The van der Waals surface area contributed by atoms with Crippen LogP contribution >= 0.6 is 0 Å². The summed E-state index contributed by atoms with van der Waals surface area (Å²) in [5.41, 5.74) is 0.282. The summed E-state index contributed by atoms with van der Waals surface area (Å²) < 4.78 is 4.35. The van der Waals surface area contributed by atoms with Gasteiger partial charge in [0, 0.05) is 19.8 Å². The highest BCUT2D eigenvalue weighted by atomic mass is 16.5. The highest BCUT2D eigenvalue weighted by molar-refractivity contribution is 6.39. The van der Waals surface area contributed by atoms with Gasteiger partial charge in [-0.15, -0.1) is 5.17 Å². The lowest BCUT2D eigenvalue weighted by Gasteiger charge is -2.24. The first-order valence-electron chi connectivity index (χ1n) is 3.91. The van der Waals surface area contributed by atoms with E-state index >= 15 is 0 Å². The van der Waals surface area contributed by atoms with Crippen LogP contribution in [0.25, 0.3) is 0 Å². The molecule has 0 heterocycles. The minimum Gasteiger partial charge on any atom is -0.464 e. The van der Waals surface area contributed by atoms with Crippen LogP contribution in [0.2, 0.25) is 0 Å². The monoisotopic (exact) mass is 201 g/mol. The fourth-order valence-electron chi connectivity index (χ4n) is 0.699. The second kappa shape index (κ2) is 5.36. The molecule has 0 aliphatic rings. The van der Waals surface area contributed by atoms with Crippen molar-refractivity contribution in [3.63, 3.8) is 0 Å². The summed E-state index contributed by atoms with van der Waals surface area (Å²) in [4.78, 5) is 10.9. The molecule has 0 aliphatic carbocycles. The minimum atomic E-state index is -0.710. The Balaban J connectivity index is 4.52. The van der Waals surface area contributed by atoms with Gasteiger partial charge >= 0.3 is 5.97 Å². The molecule has 0 atom stereocenters. The molecule has 0 rings (SSSR count). The first kappa shape index (κ1) is 12.6. The summed E-state index contributed by atoms with van der Waals surface area (Å²) in [7, 11) is 4.23. The molecule has 80 valence electrons. The van der Waals surface area contributed by atoms with E-state index in [1.165, 1.54) is 25.2 Å². The SMILES string of the molecule is COC(=O)C(=N)/C=C(\C)N(C)N(C)O. The quantitative estimate of drug-likeness (QED) is 0.387. The van der Waals surface area contributed by atoms with Crippen molar-refractivity contribution in [1.29, 1.82) is 5.41 Å². The molecule has 0 fully saturated rings. The number of ether oxygens (including phenoxy) is 1. The highest BCUT2D eigenvalue weighted by Crippen LogP contribution is 2.01. The van der Waals surface area contributed by atoms with E-state index in [-0.39, 0.29) is 5.71 Å². The normalized spacial score (nSPS) is 11.4. The van der Waals surface area contributed by atoms with Crippen LogP contribution in [0.4, 0.5) is 0 Å². The first-order chi connectivity index (χ1) is 6.40. The Labute approximate surface area is 82.8 Å². The average Bonchev–Trinajstić information content (AvgIpc) is 2.14. The number of nitrogens with one attached hydrogen (secondary N) is 1. The topological polar surface area (TPSA) is 76.9 Å². The van der Waals surface area contributed by atoms with E-state index in [0.717, 1.165) is 5.17 Å². The summed E-state index contributed by atoms with van der Waals surface area (Å²) in [6.07, 6.45) is 1.30. The van der Waals surface area contributed by atoms with Gasteiger partial charge in [-0.1, -0.05) is 0 Å². The molecule has 2 N–H and O–H groups in total. The van der Waals surface area contributed by atoms with Crippen LogP contribution in [0.1, 0.15) is 6.92 Å². The summed E-state index contributed by atoms with van der Waals surface area (Å²) in [6, 6.07) is 0. The number of hydrogen-bond donors (Lipinski definition) is 2. The Hall–Kier alpha value is -1.40. The van der Waals surface area contributed by atoms with Gasteiger partial charge in [0.2, 0.25) is 0 Å². The Bertz CT molecular complexity index is 261. The molecule has 0 bridgehead atoms. The Morgan fingerprint density at radius 3 is 2.36 bits per heavy atom. The second-order valence-electron chi connectivity index (χ2n) is 2.70. The molecular formula is C8H15N3O3. The van der Waals surface area contributed by atoms with Crippen molar-refractivity contribution in [2.75, 3.05) is 21.2 Å². The summed E-state index contributed by atoms with van der Waals surface area (Å²) >= 11 is 0. The molecule has 0 saturated carbocycles. The number of esters is 1. The predicted molar refractivity (Wildman–Crippen MR) is 50.8 cm³/mol. The van der Waals surface area contributed by atoms with Crippen LogP contribution in [-0.2, 0) is 9.53 Å². The van der Waals surface area contributed by atoms with E-state index in [9.17, 15) is 4.79 Å². The molecule has 0 aromatic heterocycles. The van der Waals surface area contributed by atoms with Crippen molar-refractivity contribution < 1.29 is 14.7 Å². The van der Waals surface area contributed by atoms with Crippen LogP contribution in [0, 0.1) is 5.41 Å². The Morgan fingerprint density at radius 2 is 2.00 bits per heavy atom. The molecular weight excluding hydrogens is 186 g/mol. The molecule has 14 heavy (non-hydrogen) atoms. The third-order valence-electron chi connectivity index (χ3n) is 1.70. The average molecular weight is 201 g/mol. The number of carbonyl (C=O) groups is 1. The zero-order valence-electron chi connectivity index (χ0n) is 8.74. The molecule has 0 aliphatic heterocycles. The fraction of sp³-hybridized carbons (Fsp3) is 0.500. The van der Waals surface area contributed by atoms with Crippen LogP contribution in [0.5, 0.6) is 0 Å². The lowest BCUT2D eigenvalue weighted by molar-refractivity contribution is -0.198. The molecule has 0 amide bonds. The van der Waals surface area contributed by atoms with Crippen molar-refractivity contribution in [1.82, 2.24) is 10.2 Å². The van der Waals surface area contributed by atoms with E-state index in [2.05, 4.69) is 4.74 Å². The molecule has 0 radical (unpaired) electrons. The van der Waals surface area contributed by atoms with Crippen molar-refractivity contribution in [3.05, 3.63) is 11.8 Å². The van der Waals surface area contributed by atoms with Crippen LogP contribution in [0.3, 0.4) is 0 Å². The van der Waals surface area contributed by atoms with Gasteiger partial charge in [-0.3, -0.25) is 15.6 Å². The number of carbonyl (C=O) groups excluding carboxylic acids is 1. The lowest BCUT2D eigenvalue weighted by Crippen LogP contribution is -2.32. The first-order valence-corrected chi connectivity index (χ1v) is 3.91. The molecule has 0 aromatic rings. The summed E-state index contributed by atoms with van der Waals surface area (Å²) in [6.45, 7) is 1.66. The molecule has 6 heteroatoms. The molecule has 0 spiro atoms. The number of hydrazine groups is 1. The minimum absolute atomic E-state index is 0.265. The van der Waals surface area contributed by atoms with Gasteiger partial charge in [0.25, 0.3) is 0 Å². The molecule has 0 saturated heterocycles. The number of hydrogen-bond acceptors (Lipinski definition) is 6. The van der Waals surface area contributed by atoms with E-state index in [1.807, 2.05) is 0 Å². The second-order valence-corrected chi connectivity index (χ2v) is 2.70. The van der Waals surface area contributed by atoms with Crippen LogP contribution < -0.4 is 0 Å². The van der Waals surface area contributed by atoms with E-state index in [4.69, 9.17) is 10.6 Å². The van der Waals surface area contributed by atoms with Gasteiger partial charge in [-0.25, -0.2) is 4.79 Å². The maximum Gasteiger partial charge on any atom is 0.355 e. The highest BCUT2D eigenvalue weighted by Gasteiger charge is 2.09. The zero-order chi connectivity index (χ0) is 11.3. The third kappa shape index (κ3) is 3.55. The van der Waals surface area contributed by atoms with E-state index in [0.29, 0.717) is 5.70 Å².